The molecule has 1 aliphatic rings. The second-order valence-corrected chi connectivity index (χ2v) is 5.52. The fraction of sp³-hybridized carbons (Fsp3) is 0.400. The first-order valence-electron chi connectivity index (χ1n) is 7.42. The van der Waals surface area contributed by atoms with Crippen LogP contribution in [0, 0.1) is 0 Å². The number of alkyl halides is 3. The van der Waals surface area contributed by atoms with Crippen LogP contribution in [0.25, 0.3) is 0 Å². The van der Waals surface area contributed by atoms with E-state index in [9.17, 15) is 18.0 Å². The summed E-state index contributed by atoms with van der Waals surface area (Å²) < 4.78 is 39.9. The number of anilines is 1. The topological polar surface area (TPSA) is 54.3 Å². The smallest absolute Gasteiger partial charge is 0.353 e. The first-order chi connectivity index (χ1) is 11.4. The van der Waals surface area contributed by atoms with E-state index in [4.69, 9.17) is 0 Å². The summed E-state index contributed by atoms with van der Waals surface area (Å²) in [7, 11) is 1.69. The molecule has 24 heavy (non-hydrogen) atoms. The molecular formula is C15H16F3N5O. The van der Waals surface area contributed by atoms with Gasteiger partial charge in [-0.2, -0.15) is 18.3 Å². The fourth-order valence-corrected chi connectivity index (χ4v) is 2.65. The number of nitrogens with zero attached hydrogens (tertiary/aromatic N) is 5. The standard InChI is InChI=1S/C15H16F3N5O/c1-21-12(3-5-20-21)14(24)23-8-6-22(7-9-23)13-10-11(2-4-19-13)15(16,17)18/h2-5,10H,6-9H2,1H3. The maximum Gasteiger partial charge on any atom is 0.416 e. The summed E-state index contributed by atoms with van der Waals surface area (Å²) in [5.41, 5.74) is -0.235. The van der Waals surface area contributed by atoms with Crippen LogP contribution in [0.15, 0.2) is 30.6 Å². The lowest BCUT2D eigenvalue weighted by atomic mass is 10.2. The summed E-state index contributed by atoms with van der Waals surface area (Å²) in [6.45, 7) is 1.69. The summed E-state index contributed by atoms with van der Waals surface area (Å²) in [6, 6.07) is 3.63. The lowest BCUT2D eigenvalue weighted by Crippen LogP contribution is -2.49. The first kappa shape index (κ1) is 16.3. The third kappa shape index (κ3) is 3.19. The minimum Gasteiger partial charge on any atom is -0.353 e. The molecule has 1 aliphatic heterocycles. The third-order valence-electron chi connectivity index (χ3n) is 4.00. The molecule has 3 rings (SSSR count). The van der Waals surface area contributed by atoms with Crippen molar-refractivity contribution in [2.45, 2.75) is 6.18 Å². The number of carbonyl (C=O) groups is 1. The van der Waals surface area contributed by atoms with Crippen molar-refractivity contribution in [2.75, 3.05) is 31.1 Å². The Hall–Kier alpha value is -2.58. The van der Waals surface area contributed by atoms with Gasteiger partial charge in [0.2, 0.25) is 0 Å². The fourth-order valence-electron chi connectivity index (χ4n) is 2.65. The molecule has 2 aromatic heterocycles. The molecule has 0 aromatic carbocycles. The number of pyridine rings is 1. The highest BCUT2D eigenvalue weighted by Gasteiger charge is 2.32. The van der Waals surface area contributed by atoms with Crippen molar-refractivity contribution in [3.8, 4) is 0 Å². The number of carbonyl (C=O) groups excluding carboxylic acids is 1. The lowest BCUT2D eigenvalue weighted by Gasteiger charge is -2.35. The van der Waals surface area contributed by atoms with E-state index in [-0.39, 0.29) is 11.7 Å². The average Bonchev–Trinajstić information content (AvgIpc) is 3.00. The molecular weight excluding hydrogens is 323 g/mol. The van der Waals surface area contributed by atoms with Crippen LogP contribution in [0.3, 0.4) is 0 Å². The van der Waals surface area contributed by atoms with Gasteiger partial charge in [-0.25, -0.2) is 4.98 Å². The molecule has 128 valence electrons. The number of rotatable bonds is 2. The van der Waals surface area contributed by atoms with Crippen molar-refractivity contribution in [2.24, 2.45) is 7.05 Å². The van der Waals surface area contributed by atoms with Gasteiger partial charge in [-0.1, -0.05) is 0 Å². The first-order valence-corrected chi connectivity index (χ1v) is 7.42. The number of amides is 1. The van der Waals surface area contributed by atoms with Gasteiger partial charge in [0, 0.05) is 45.6 Å². The Bertz CT molecular complexity index is 735. The van der Waals surface area contributed by atoms with Crippen LogP contribution in [0.1, 0.15) is 16.1 Å². The highest BCUT2D eigenvalue weighted by molar-refractivity contribution is 5.92. The molecule has 0 saturated carbocycles. The minimum absolute atomic E-state index is 0.133. The quantitative estimate of drug-likeness (QED) is 0.837. The van der Waals surface area contributed by atoms with E-state index in [0.29, 0.717) is 31.9 Å². The van der Waals surface area contributed by atoms with Crippen molar-refractivity contribution < 1.29 is 18.0 Å². The monoisotopic (exact) mass is 339 g/mol. The largest absolute Gasteiger partial charge is 0.416 e. The van der Waals surface area contributed by atoms with Crippen LogP contribution >= 0.6 is 0 Å². The van der Waals surface area contributed by atoms with Gasteiger partial charge in [-0.05, 0) is 18.2 Å². The van der Waals surface area contributed by atoms with Crippen LogP contribution in [0.4, 0.5) is 19.0 Å². The Balaban J connectivity index is 1.67. The second kappa shape index (κ2) is 6.14. The molecule has 1 fully saturated rings. The summed E-state index contributed by atoms with van der Waals surface area (Å²) in [5.74, 6) is 0.143. The summed E-state index contributed by atoms with van der Waals surface area (Å²) >= 11 is 0. The Morgan fingerprint density at radius 2 is 1.83 bits per heavy atom. The molecule has 0 N–H and O–H groups in total. The minimum atomic E-state index is -4.39. The average molecular weight is 339 g/mol. The zero-order chi connectivity index (χ0) is 17.3. The molecule has 0 radical (unpaired) electrons. The summed E-state index contributed by atoms with van der Waals surface area (Å²) in [4.78, 5) is 19.8. The maximum absolute atomic E-state index is 12.8. The van der Waals surface area contributed by atoms with Gasteiger partial charge in [-0.15, -0.1) is 0 Å². The van der Waals surface area contributed by atoms with Crippen LogP contribution in [0.2, 0.25) is 0 Å². The van der Waals surface area contributed by atoms with E-state index < -0.39 is 11.7 Å². The van der Waals surface area contributed by atoms with Crippen LogP contribution in [-0.4, -0.2) is 51.8 Å². The van der Waals surface area contributed by atoms with E-state index in [0.717, 1.165) is 18.3 Å². The number of aromatic nitrogens is 3. The number of hydrogen-bond acceptors (Lipinski definition) is 4. The van der Waals surface area contributed by atoms with Gasteiger partial charge >= 0.3 is 6.18 Å². The van der Waals surface area contributed by atoms with Crippen molar-refractivity contribution in [1.82, 2.24) is 19.7 Å². The third-order valence-corrected chi connectivity index (χ3v) is 4.00. The van der Waals surface area contributed by atoms with Gasteiger partial charge < -0.3 is 9.80 Å². The van der Waals surface area contributed by atoms with Gasteiger partial charge in [0.15, 0.2) is 0 Å². The molecule has 1 amide bonds. The Morgan fingerprint density at radius 3 is 2.42 bits per heavy atom. The Labute approximate surface area is 136 Å². The molecule has 3 heterocycles. The van der Waals surface area contributed by atoms with Gasteiger partial charge in [0.1, 0.15) is 11.5 Å². The lowest BCUT2D eigenvalue weighted by molar-refractivity contribution is -0.137. The van der Waals surface area contributed by atoms with E-state index in [1.165, 1.54) is 4.68 Å². The normalized spacial score (nSPS) is 15.7. The number of aryl methyl sites for hydroxylation is 1. The number of halogens is 3. The molecule has 0 spiro atoms. The van der Waals surface area contributed by atoms with E-state index in [1.54, 1.807) is 29.1 Å². The second-order valence-electron chi connectivity index (χ2n) is 5.52. The van der Waals surface area contributed by atoms with E-state index in [2.05, 4.69) is 10.1 Å². The maximum atomic E-state index is 12.8. The van der Waals surface area contributed by atoms with Crippen LogP contribution < -0.4 is 4.90 Å². The van der Waals surface area contributed by atoms with Crippen LogP contribution in [-0.2, 0) is 13.2 Å². The zero-order valence-corrected chi connectivity index (χ0v) is 13.0. The number of piperazine rings is 1. The van der Waals surface area contributed by atoms with E-state index in [1.807, 2.05) is 0 Å². The SMILES string of the molecule is Cn1nccc1C(=O)N1CCN(c2cc(C(F)(F)F)ccn2)CC1. The summed E-state index contributed by atoms with van der Waals surface area (Å²) in [5, 5.41) is 3.97. The highest BCUT2D eigenvalue weighted by atomic mass is 19.4. The molecule has 0 aliphatic carbocycles. The molecule has 2 aromatic rings. The van der Waals surface area contributed by atoms with Crippen molar-refractivity contribution in [3.05, 3.63) is 41.9 Å². The Morgan fingerprint density at radius 1 is 1.12 bits per heavy atom. The highest BCUT2D eigenvalue weighted by Crippen LogP contribution is 2.30. The molecule has 0 bridgehead atoms. The predicted octanol–water partition coefficient (Wildman–Crippen LogP) is 1.80. The van der Waals surface area contributed by atoms with Crippen molar-refractivity contribution >= 4 is 11.7 Å². The predicted molar refractivity (Wildman–Crippen MR) is 80.6 cm³/mol. The van der Waals surface area contributed by atoms with Crippen molar-refractivity contribution in [3.63, 3.8) is 0 Å². The zero-order valence-electron chi connectivity index (χ0n) is 13.0. The number of hydrogen-bond donors (Lipinski definition) is 0. The Kier molecular flexibility index (Phi) is 4.16. The van der Waals surface area contributed by atoms with Crippen LogP contribution in [0.5, 0.6) is 0 Å². The molecule has 1 saturated heterocycles. The molecule has 9 heteroatoms. The molecule has 6 nitrogen and oxygen atoms in total. The molecule has 0 unspecified atom stereocenters. The summed E-state index contributed by atoms with van der Waals surface area (Å²) in [6.07, 6.45) is -1.68. The molecule has 0 atom stereocenters. The van der Waals surface area contributed by atoms with E-state index >= 15 is 0 Å². The van der Waals surface area contributed by atoms with Gasteiger partial charge in [0.05, 0.1) is 5.56 Å². The van der Waals surface area contributed by atoms with Gasteiger partial charge in [0.25, 0.3) is 5.91 Å². The van der Waals surface area contributed by atoms with Crippen molar-refractivity contribution in [1.29, 1.82) is 0 Å². The van der Waals surface area contributed by atoms with Gasteiger partial charge in [-0.3, -0.25) is 9.48 Å².